The second-order valence-electron chi connectivity index (χ2n) is 8.37. The lowest BCUT2D eigenvalue weighted by molar-refractivity contribution is -0.138. The van der Waals surface area contributed by atoms with Gasteiger partial charge in [0, 0.05) is 17.1 Å². The van der Waals surface area contributed by atoms with Crippen molar-refractivity contribution in [3.63, 3.8) is 0 Å². The van der Waals surface area contributed by atoms with Crippen LogP contribution in [0.3, 0.4) is 0 Å². The number of benzene rings is 2. The fourth-order valence-corrected chi connectivity index (χ4v) is 4.65. The highest BCUT2D eigenvalue weighted by Crippen LogP contribution is 2.37. The monoisotopic (exact) mass is 481 g/mol. The zero-order valence-electron chi connectivity index (χ0n) is 18.8. The first-order chi connectivity index (χ1) is 16.8. The molecule has 2 heterocycles. The predicted molar refractivity (Wildman–Crippen MR) is 126 cm³/mol. The molecular weight excluding hydrogens is 459 g/mol. The molecule has 0 saturated carbocycles. The number of halogens is 3. The Bertz CT molecular complexity index is 1430. The molecule has 3 N–H and O–H groups in total. The summed E-state index contributed by atoms with van der Waals surface area (Å²) in [6.45, 7) is 0. The number of hydrogen-bond acceptors (Lipinski definition) is 5. The Morgan fingerprint density at radius 2 is 1.91 bits per heavy atom. The van der Waals surface area contributed by atoms with Gasteiger partial charge in [0.2, 0.25) is 5.91 Å². The summed E-state index contributed by atoms with van der Waals surface area (Å²) in [7, 11) is 1.17. The first-order valence-corrected chi connectivity index (χ1v) is 11.0. The van der Waals surface area contributed by atoms with Gasteiger partial charge in [0.15, 0.2) is 5.82 Å². The number of fused-ring (bicyclic) bond motifs is 3. The Hall–Kier alpha value is -4.08. The Morgan fingerprint density at radius 1 is 1.14 bits per heavy atom. The molecule has 0 saturated heterocycles. The first kappa shape index (κ1) is 22.7. The number of anilines is 2. The summed E-state index contributed by atoms with van der Waals surface area (Å²) in [6, 6.07) is 10.8. The second-order valence-corrected chi connectivity index (χ2v) is 8.37. The van der Waals surface area contributed by atoms with Gasteiger partial charge in [-0.3, -0.25) is 4.79 Å². The second kappa shape index (κ2) is 8.61. The fourth-order valence-electron chi connectivity index (χ4n) is 4.65. The number of ether oxygens (including phenoxy) is 1. The normalized spacial score (nSPS) is 13.1. The Balaban J connectivity index is 1.36. The molecule has 35 heavy (non-hydrogen) atoms. The number of amides is 1. The van der Waals surface area contributed by atoms with E-state index in [1.807, 2.05) is 12.1 Å². The van der Waals surface area contributed by atoms with E-state index in [-0.39, 0.29) is 17.7 Å². The van der Waals surface area contributed by atoms with E-state index in [1.54, 1.807) is 12.1 Å². The maximum absolute atomic E-state index is 13.3. The minimum Gasteiger partial charge on any atom is -0.496 e. The number of alkyl halides is 3. The van der Waals surface area contributed by atoms with Crippen LogP contribution in [0.15, 0.2) is 48.8 Å². The predicted octanol–water partition coefficient (Wildman–Crippen LogP) is 4.70. The third kappa shape index (κ3) is 4.16. The maximum atomic E-state index is 13.3. The van der Waals surface area contributed by atoms with E-state index in [0.717, 1.165) is 47.7 Å². The molecule has 0 fully saturated rings. The maximum Gasteiger partial charge on any atom is 0.419 e. The minimum absolute atomic E-state index is 0.210. The number of aromatic nitrogens is 3. The van der Waals surface area contributed by atoms with Crippen LogP contribution in [-0.2, 0) is 30.2 Å². The van der Waals surface area contributed by atoms with Crippen LogP contribution in [0.25, 0.3) is 16.7 Å². The van der Waals surface area contributed by atoms with Gasteiger partial charge in [-0.25, -0.2) is 9.97 Å². The average Bonchev–Trinajstić information content (AvgIpc) is 3.41. The number of carbonyl (C=O) groups is 1. The van der Waals surface area contributed by atoms with Crippen molar-refractivity contribution in [3.05, 3.63) is 71.2 Å². The molecule has 180 valence electrons. The fraction of sp³-hybridized carbons (Fsp3) is 0.240. The summed E-state index contributed by atoms with van der Waals surface area (Å²) < 4.78 is 46.6. The van der Waals surface area contributed by atoms with E-state index < -0.39 is 17.6 Å². The van der Waals surface area contributed by atoms with Crippen LogP contribution in [0.1, 0.15) is 28.8 Å². The Morgan fingerprint density at radius 3 is 2.63 bits per heavy atom. The Labute approximate surface area is 198 Å². The van der Waals surface area contributed by atoms with Gasteiger partial charge in [-0.1, -0.05) is 6.07 Å². The number of methoxy groups -OCH3 is 1. The smallest absolute Gasteiger partial charge is 0.419 e. The summed E-state index contributed by atoms with van der Waals surface area (Å²) in [5.74, 6) is -0.312. The molecule has 2 aromatic heterocycles. The molecule has 1 amide bonds. The van der Waals surface area contributed by atoms with Crippen molar-refractivity contribution < 1.29 is 22.7 Å². The van der Waals surface area contributed by atoms with E-state index in [4.69, 9.17) is 10.5 Å². The largest absolute Gasteiger partial charge is 0.496 e. The summed E-state index contributed by atoms with van der Waals surface area (Å²) in [5, 5.41) is 2.74. The lowest BCUT2D eigenvalue weighted by Gasteiger charge is -2.14. The molecule has 7 nitrogen and oxygen atoms in total. The Kier molecular flexibility index (Phi) is 5.58. The highest BCUT2D eigenvalue weighted by molar-refractivity contribution is 5.93. The molecule has 10 heteroatoms. The molecule has 4 aromatic rings. The van der Waals surface area contributed by atoms with Gasteiger partial charge in [0.05, 0.1) is 24.6 Å². The van der Waals surface area contributed by atoms with E-state index in [1.165, 1.54) is 31.1 Å². The van der Waals surface area contributed by atoms with Crippen LogP contribution in [0.2, 0.25) is 0 Å². The number of hydrogen-bond donors (Lipinski definition) is 2. The van der Waals surface area contributed by atoms with E-state index >= 15 is 0 Å². The van der Waals surface area contributed by atoms with Gasteiger partial charge in [0.25, 0.3) is 0 Å². The molecule has 1 aliphatic carbocycles. The van der Waals surface area contributed by atoms with E-state index in [2.05, 4.69) is 19.9 Å². The first-order valence-electron chi connectivity index (χ1n) is 11.0. The number of rotatable bonds is 5. The SMILES string of the molecule is COc1ccc(CC(=O)Nc2ccc(-n3c4c(c5ncnc(N)c53)CCC4)cc2)cc1C(F)(F)F. The van der Waals surface area contributed by atoms with Gasteiger partial charge in [-0.2, -0.15) is 13.2 Å². The van der Waals surface area contributed by atoms with Gasteiger partial charge < -0.3 is 20.4 Å². The van der Waals surface area contributed by atoms with Crippen LogP contribution >= 0.6 is 0 Å². The van der Waals surface area contributed by atoms with Crippen LogP contribution in [-0.4, -0.2) is 27.6 Å². The third-order valence-corrected chi connectivity index (χ3v) is 6.16. The molecule has 1 aliphatic rings. The van der Waals surface area contributed by atoms with Crippen molar-refractivity contribution in [1.29, 1.82) is 0 Å². The number of aryl methyl sites for hydroxylation is 1. The van der Waals surface area contributed by atoms with Crippen LogP contribution in [0.4, 0.5) is 24.7 Å². The van der Waals surface area contributed by atoms with Crippen molar-refractivity contribution in [2.45, 2.75) is 31.9 Å². The van der Waals surface area contributed by atoms with Gasteiger partial charge in [0.1, 0.15) is 17.6 Å². The highest BCUT2D eigenvalue weighted by atomic mass is 19.4. The van der Waals surface area contributed by atoms with Gasteiger partial charge in [-0.15, -0.1) is 0 Å². The molecule has 0 aliphatic heterocycles. The van der Waals surface area contributed by atoms with Crippen molar-refractivity contribution >= 4 is 28.4 Å². The standard InChI is InChI=1S/C25H22F3N5O2/c1-35-20-10-5-14(11-18(20)25(26,27)28)12-21(34)32-15-6-8-16(9-7-15)33-19-4-2-3-17(19)22-23(33)24(29)31-13-30-22/h5-11,13H,2-4,12H2,1H3,(H,32,34)(H2,29,30,31). The average molecular weight is 481 g/mol. The van der Waals surface area contributed by atoms with Crippen LogP contribution in [0, 0.1) is 0 Å². The lowest BCUT2D eigenvalue weighted by atomic mass is 10.1. The molecule has 0 radical (unpaired) electrons. The summed E-state index contributed by atoms with van der Waals surface area (Å²) >= 11 is 0. The van der Waals surface area contributed by atoms with E-state index in [0.29, 0.717) is 11.5 Å². The van der Waals surface area contributed by atoms with Gasteiger partial charge in [-0.05, 0) is 66.8 Å². The zero-order chi connectivity index (χ0) is 24.7. The molecule has 0 bridgehead atoms. The van der Waals surface area contributed by atoms with Crippen molar-refractivity contribution in [3.8, 4) is 11.4 Å². The summed E-state index contributed by atoms with van der Waals surface area (Å²) in [5.41, 5.74) is 10.9. The molecular formula is C25H22F3N5O2. The number of carbonyl (C=O) groups excluding carboxylic acids is 1. The molecule has 0 unspecified atom stereocenters. The van der Waals surface area contributed by atoms with Crippen molar-refractivity contribution in [2.24, 2.45) is 0 Å². The topological polar surface area (TPSA) is 95.1 Å². The van der Waals surface area contributed by atoms with E-state index in [9.17, 15) is 18.0 Å². The molecule has 0 spiro atoms. The minimum atomic E-state index is -4.58. The highest BCUT2D eigenvalue weighted by Gasteiger charge is 2.34. The molecule has 0 atom stereocenters. The lowest BCUT2D eigenvalue weighted by Crippen LogP contribution is -2.15. The number of nitrogens with two attached hydrogens (primary N) is 1. The number of nitrogens with one attached hydrogen (secondary N) is 1. The van der Waals surface area contributed by atoms with Crippen molar-refractivity contribution in [1.82, 2.24) is 14.5 Å². The van der Waals surface area contributed by atoms with Gasteiger partial charge >= 0.3 is 6.18 Å². The van der Waals surface area contributed by atoms with Crippen LogP contribution in [0.5, 0.6) is 5.75 Å². The van der Waals surface area contributed by atoms with Crippen LogP contribution < -0.4 is 15.8 Å². The summed E-state index contributed by atoms with van der Waals surface area (Å²) in [6.07, 6.45) is -0.431. The number of nitrogens with zero attached hydrogens (tertiary/aromatic N) is 3. The zero-order valence-corrected chi connectivity index (χ0v) is 18.8. The van der Waals surface area contributed by atoms with Crippen molar-refractivity contribution in [2.75, 3.05) is 18.2 Å². The third-order valence-electron chi connectivity index (χ3n) is 6.16. The quantitative estimate of drug-likeness (QED) is 0.431. The summed E-state index contributed by atoms with van der Waals surface area (Å²) in [4.78, 5) is 21.1. The number of nitrogen functional groups attached to an aromatic ring is 1. The molecule has 2 aromatic carbocycles. The molecule has 5 rings (SSSR count).